The SMILES string of the molecule is ClC(Cl)c1ccccc1Sc1ccccc1C(Cl)Cl. The van der Waals surface area contributed by atoms with E-state index in [4.69, 9.17) is 46.4 Å². The summed E-state index contributed by atoms with van der Waals surface area (Å²) in [6.07, 6.45) is 0. The van der Waals surface area contributed by atoms with E-state index in [2.05, 4.69) is 0 Å². The summed E-state index contributed by atoms with van der Waals surface area (Å²) in [4.78, 5) is 0.884. The van der Waals surface area contributed by atoms with E-state index in [9.17, 15) is 0 Å². The van der Waals surface area contributed by atoms with Crippen LogP contribution in [0.2, 0.25) is 0 Å². The van der Waals surface area contributed by atoms with Crippen LogP contribution in [-0.2, 0) is 0 Å². The first-order valence-corrected chi connectivity index (χ1v) is 8.08. The van der Waals surface area contributed by atoms with Crippen LogP contribution >= 0.6 is 58.2 Å². The molecule has 0 aliphatic carbocycles. The standard InChI is InChI=1S/C14H10Cl4S/c15-13(16)9-5-1-3-7-11(9)19-12-8-4-2-6-10(12)14(17)18/h1-8,13-14H. The average Bonchev–Trinajstić information content (AvgIpc) is 2.39. The normalized spacial score (nSPS) is 11.3. The van der Waals surface area contributed by atoms with Crippen molar-refractivity contribution < 1.29 is 0 Å². The number of benzene rings is 2. The molecule has 100 valence electrons. The number of halogens is 4. The number of hydrogen-bond donors (Lipinski definition) is 0. The Hall–Kier alpha value is -0.0500. The van der Waals surface area contributed by atoms with Crippen molar-refractivity contribution >= 4 is 58.2 Å². The topological polar surface area (TPSA) is 0 Å². The summed E-state index contributed by atoms with van der Waals surface area (Å²) in [5.74, 6) is 0. The second-order valence-electron chi connectivity index (χ2n) is 3.78. The van der Waals surface area contributed by atoms with E-state index in [0.717, 1.165) is 20.9 Å². The van der Waals surface area contributed by atoms with Gasteiger partial charge in [0.15, 0.2) is 0 Å². The van der Waals surface area contributed by atoms with Crippen LogP contribution in [0.1, 0.15) is 20.8 Å². The summed E-state index contributed by atoms with van der Waals surface area (Å²) in [6, 6.07) is 15.5. The maximum absolute atomic E-state index is 5.98. The van der Waals surface area contributed by atoms with Gasteiger partial charge in [-0.05, 0) is 23.3 Å². The van der Waals surface area contributed by atoms with Gasteiger partial charge in [-0.25, -0.2) is 0 Å². The van der Waals surface area contributed by atoms with Crippen LogP contribution in [0.5, 0.6) is 0 Å². The second-order valence-corrected chi connectivity index (χ2v) is 7.06. The van der Waals surface area contributed by atoms with Crippen molar-refractivity contribution in [1.82, 2.24) is 0 Å². The molecule has 0 saturated carbocycles. The van der Waals surface area contributed by atoms with Crippen molar-refractivity contribution in [3.8, 4) is 0 Å². The Morgan fingerprint density at radius 1 is 0.632 bits per heavy atom. The summed E-state index contributed by atoms with van der Waals surface area (Å²) in [5.41, 5.74) is 1.76. The molecule has 0 aliphatic heterocycles. The first-order valence-electron chi connectivity index (χ1n) is 5.51. The Labute approximate surface area is 137 Å². The molecule has 0 aromatic heterocycles. The van der Waals surface area contributed by atoms with E-state index in [0.29, 0.717) is 0 Å². The van der Waals surface area contributed by atoms with Crippen molar-refractivity contribution in [3.63, 3.8) is 0 Å². The predicted molar refractivity (Wildman–Crippen MR) is 85.9 cm³/mol. The smallest absolute Gasteiger partial charge is 0.100 e. The van der Waals surface area contributed by atoms with Crippen LogP contribution in [0.15, 0.2) is 58.3 Å². The Balaban J connectivity index is 2.37. The highest BCUT2D eigenvalue weighted by molar-refractivity contribution is 7.99. The lowest BCUT2D eigenvalue weighted by Gasteiger charge is -2.13. The molecule has 0 spiro atoms. The quantitative estimate of drug-likeness (QED) is 0.546. The van der Waals surface area contributed by atoms with Gasteiger partial charge in [0.25, 0.3) is 0 Å². The van der Waals surface area contributed by atoms with Gasteiger partial charge in [-0.2, -0.15) is 0 Å². The first kappa shape index (κ1) is 15.3. The van der Waals surface area contributed by atoms with Gasteiger partial charge in [0, 0.05) is 9.79 Å². The molecule has 0 nitrogen and oxygen atoms in total. The minimum Gasteiger partial charge on any atom is -0.100 e. The van der Waals surface area contributed by atoms with E-state index in [1.165, 1.54) is 0 Å². The third-order valence-electron chi connectivity index (χ3n) is 2.53. The van der Waals surface area contributed by atoms with Crippen LogP contribution in [0.25, 0.3) is 0 Å². The fourth-order valence-corrected chi connectivity index (χ4v) is 3.78. The van der Waals surface area contributed by atoms with E-state index in [1.807, 2.05) is 48.5 Å². The van der Waals surface area contributed by atoms with Crippen LogP contribution in [0, 0.1) is 0 Å². The summed E-state index contributed by atoms with van der Waals surface area (Å²) >= 11 is 25.5. The molecule has 2 rings (SSSR count). The summed E-state index contributed by atoms with van der Waals surface area (Å²) in [5, 5.41) is 0. The lowest BCUT2D eigenvalue weighted by atomic mass is 10.2. The van der Waals surface area contributed by atoms with Gasteiger partial charge < -0.3 is 0 Å². The van der Waals surface area contributed by atoms with Crippen LogP contribution < -0.4 is 0 Å². The van der Waals surface area contributed by atoms with Crippen LogP contribution in [0.3, 0.4) is 0 Å². The van der Waals surface area contributed by atoms with Crippen molar-refractivity contribution in [2.75, 3.05) is 0 Å². The molecule has 0 N–H and O–H groups in total. The molecule has 0 heterocycles. The zero-order valence-corrected chi connectivity index (χ0v) is 13.5. The highest BCUT2D eigenvalue weighted by atomic mass is 35.5. The molecule has 5 heteroatoms. The zero-order valence-electron chi connectivity index (χ0n) is 9.69. The molecule has 0 radical (unpaired) electrons. The van der Waals surface area contributed by atoms with Gasteiger partial charge >= 0.3 is 0 Å². The van der Waals surface area contributed by atoms with Gasteiger partial charge in [-0.3, -0.25) is 0 Å². The minimum absolute atomic E-state index is 0.557. The Kier molecular flexibility index (Phi) is 5.73. The lowest BCUT2D eigenvalue weighted by molar-refractivity contribution is 1.19. The molecule has 0 amide bonds. The molecule has 19 heavy (non-hydrogen) atoms. The van der Waals surface area contributed by atoms with Gasteiger partial charge in [-0.15, -0.1) is 46.4 Å². The summed E-state index contributed by atoms with van der Waals surface area (Å²) in [7, 11) is 0. The van der Waals surface area contributed by atoms with Crippen LogP contribution in [0.4, 0.5) is 0 Å². The molecule has 0 fully saturated rings. The van der Waals surface area contributed by atoms with E-state index in [-0.39, 0.29) is 0 Å². The number of rotatable bonds is 4. The highest BCUT2D eigenvalue weighted by Crippen LogP contribution is 2.41. The molecule has 2 aromatic carbocycles. The first-order chi connectivity index (χ1) is 9.09. The average molecular weight is 352 g/mol. The molecule has 0 unspecified atom stereocenters. The van der Waals surface area contributed by atoms with Gasteiger partial charge in [0.05, 0.1) is 0 Å². The fourth-order valence-electron chi connectivity index (χ4n) is 1.63. The van der Waals surface area contributed by atoms with Crippen molar-refractivity contribution in [2.24, 2.45) is 0 Å². The van der Waals surface area contributed by atoms with Crippen LogP contribution in [-0.4, -0.2) is 0 Å². The van der Waals surface area contributed by atoms with Crippen molar-refractivity contribution in [1.29, 1.82) is 0 Å². The van der Waals surface area contributed by atoms with Crippen molar-refractivity contribution in [2.45, 2.75) is 19.5 Å². The largest absolute Gasteiger partial charge is 0.133 e. The third-order valence-corrected chi connectivity index (χ3v) is 4.65. The third kappa shape index (κ3) is 3.96. The Bertz CT molecular complexity index is 505. The van der Waals surface area contributed by atoms with E-state index in [1.54, 1.807) is 11.8 Å². The Morgan fingerprint density at radius 3 is 1.37 bits per heavy atom. The van der Waals surface area contributed by atoms with Crippen molar-refractivity contribution in [3.05, 3.63) is 59.7 Å². The second kappa shape index (κ2) is 7.10. The molecular weight excluding hydrogens is 342 g/mol. The van der Waals surface area contributed by atoms with E-state index < -0.39 is 9.67 Å². The lowest BCUT2D eigenvalue weighted by Crippen LogP contribution is -1.89. The molecule has 2 aromatic rings. The molecular formula is C14H10Cl4S. The molecule has 0 saturated heterocycles. The monoisotopic (exact) mass is 350 g/mol. The molecule has 0 bridgehead atoms. The maximum Gasteiger partial charge on any atom is 0.133 e. The number of alkyl halides is 4. The summed E-state index contributed by atoms with van der Waals surface area (Å²) < 4.78 is 0. The highest BCUT2D eigenvalue weighted by Gasteiger charge is 2.14. The minimum atomic E-state index is -0.557. The predicted octanol–water partition coefficient (Wildman–Crippen LogP) is 6.79. The zero-order chi connectivity index (χ0) is 13.8. The summed E-state index contributed by atoms with van der Waals surface area (Å²) in [6.45, 7) is 0. The number of hydrogen-bond acceptors (Lipinski definition) is 1. The van der Waals surface area contributed by atoms with Gasteiger partial charge in [0.1, 0.15) is 9.67 Å². The van der Waals surface area contributed by atoms with Gasteiger partial charge in [-0.1, -0.05) is 48.2 Å². The maximum atomic E-state index is 5.98. The van der Waals surface area contributed by atoms with E-state index >= 15 is 0 Å². The Morgan fingerprint density at radius 2 is 1.00 bits per heavy atom. The molecule has 0 atom stereocenters. The fraction of sp³-hybridized carbons (Fsp3) is 0.143. The molecule has 0 aliphatic rings. The van der Waals surface area contributed by atoms with Gasteiger partial charge in [0.2, 0.25) is 0 Å².